The quantitative estimate of drug-likeness (QED) is 0.910. The van der Waals surface area contributed by atoms with E-state index in [2.05, 4.69) is 5.32 Å². The van der Waals surface area contributed by atoms with Gasteiger partial charge in [-0.25, -0.2) is 0 Å². The second-order valence-electron chi connectivity index (χ2n) is 5.47. The molecule has 0 radical (unpaired) electrons. The number of carbonyl (C=O) groups is 1. The highest BCUT2D eigenvalue weighted by molar-refractivity contribution is 7.13. The van der Waals surface area contributed by atoms with E-state index in [1.807, 2.05) is 17.2 Å². The van der Waals surface area contributed by atoms with Crippen molar-refractivity contribution < 1.29 is 4.79 Å². The number of nitrogens with one attached hydrogen (secondary N) is 1. The van der Waals surface area contributed by atoms with Crippen molar-refractivity contribution in [1.82, 2.24) is 10.2 Å². The molecule has 2 unspecified atom stereocenters. The predicted octanol–water partition coefficient (Wildman–Crippen LogP) is 3.07. The van der Waals surface area contributed by atoms with Crippen molar-refractivity contribution in [3.05, 3.63) is 20.8 Å². The molecule has 1 amide bonds. The van der Waals surface area contributed by atoms with Crippen LogP contribution in [0.2, 0.25) is 5.02 Å². The van der Waals surface area contributed by atoms with Crippen molar-refractivity contribution in [3.63, 3.8) is 0 Å². The molecule has 1 aromatic heterocycles. The first-order chi connectivity index (χ1) is 9.18. The maximum absolute atomic E-state index is 12.7. The molecule has 2 fully saturated rings. The van der Waals surface area contributed by atoms with E-state index in [9.17, 15) is 4.79 Å². The second-order valence-corrected chi connectivity index (χ2v) is 6.73. The third-order valence-electron chi connectivity index (χ3n) is 4.22. The highest BCUT2D eigenvalue weighted by Gasteiger charge is 2.37. The molecule has 0 aliphatic carbocycles. The van der Waals surface area contributed by atoms with E-state index in [1.165, 1.54) is 24.2 Å². The fraction of sp³-hybridized carbons (Fsp3) is 0.643. The molecule has 3 rings (SSSR count). The van der Waals surface area contributed by atoms with Crippen molar-refractivity contribution in [2.24, 2.45) is 0 Å². The molecule has 5 heteroatoms. The molecule has 2 aliphatic rings. The molecular weight excluding hydrogens is 280 g/mol. The fourth-order valence-corrected chi connectivity index (χ4v) is 4.44. The number of hydrogen-bond acceptors (Lipinski definition) is 3. The van der Waals surface area contributed by atoms with Crippen LogP contribution >= 0.6 is 22.9 Å². The van der Waals surface area contributed by atoms with Crippen LogP contribution in [0.25, 0.3) is 0 Å². The summed E-state index contributed by atoms with van der Waals surface area (Å²) in [5, 5.41) is 6.14. The van der Waals surface area contributed by atoms with Crippen LogP contribution in [0.3, 0.4) is 0 Å². The first kappa shape index (κ1) is 13.4. The van der Waals surface area contributed by atoms with Gasteiger partial charge in [0.05, 0.1) is 5.02 Å². The Hall–Kier alpha value is -0.580. The number of rotatable bonds is 2. The standard InChI is InChI=1S/C14H19ClN2OS/c1-9-8-19-13(12(9)15)14(18)17-7-3-5-11(17)10-4-2-6-16-10/h8,10-11,16H,2-7H2,1H3. The Kier molecular flexibility index (Phi) is 3.83. The monoisotopic (exact) mass is 298 g/mol. The van der Waals surface area contributed by atoms with Crippen molar-refractivity contribution in [3.8, 4) is 0 Å². The number of hydrogen-bond donors (Lipinski definition) is 1. The SMILES string of the molecule is Cc1csc(C(=O)N2CCCC2C2CCCN2)c1Cl. The summed E-state index contributed by atoms with van der Waals surface area (Å²) in [7, 11) is 0. The highest BCUT2D eigenvalue weighted by Crippen LogP contribution is 2.32. The van der Waals surface area contributed by atoms with Crippen molar-refractivity contribution in [1.29, 1.82) is 0 Å². The lowest BCUT2D eigenvalue weighted by Crippen LogP contribution is -2.46. The molecule has 1 N–H and O–H groups in total. The smallest absolute Gasteiger partial charge is 0.265 e. The summed E-state index contributed by atoms with van der Waals surface area (Å²) < 4.78 is 0. The third-order valence-corrected chi connectivity index (χ3v) is 5.90. The van der Waals surface area contributed by atoms with Crippen LogP contribution < -0.4 is 5.32 Å². The van der Waals surface area contributed by atoms with Gasteiger partial charge >= 0.3 is 0 Å². The number of thiophene rings is 1. The number of amides is 1. The van der Waals surface area contributed by atoms with Gasteiger partial charge in [0, 0.05) is 18.6 Å². The molecule has 0 bridgehead atoms. The first-order valence-electron chi connectivity index (χ1n) is 6.96. The first-order valence-corrected chi connectivity index (χ1v) is 8.22. The van der Waals surface area contributed by atoms with E-state index in [-0.39, 0.29) is 5.91 Å². The van der Waals surface area contributed by atoms with E-state index in [4.69, 9.17) is 11.6 Å². The van der Waals surface area contributed by atoms with Crippen LogP contribution in [0.1, 0.15) is 40.9 Å². The Morgan fingerprint density at radius 1 is 1.47 bits per heavy atom. The van der Waals surface area contributed by atoms with Gasteiger partial charge in [0.25, 0.3) is 5.91 Å². The van der Waals surface area contributed by atoms with E-state index >= 15 is 0 Å². The lowest BCUT2D eigenvalue weighted by Gasteiger charge is -2.29. The molecule has 3 heterocycles. The molecule has 1 aromatic rings. The van der Waals surface area contributed by atoms with Gasteiger partial charge in [-0.05, 0) is 50.1 Å². The van der Waals surface area contributed by atoms with Gasteiger partial charge in [0.2, 0.25) is 0 Å². The summed E-state index contributed by atoms with van der Waals surface area (Å²) in [6, 6.07) is 0.833. The van der Waals surface area contributed by atoms with E-state index < -0.39 is 0 Å². The molecule has 2 atom stereocenters. The number of halogens is 1. The lowest BCUT2D eigenvalue weighted by atomic mass is 10.0. The van der Waals surface area contributed by atoms with Crippen LogP contribution in [-0.2, 0) is 0 Å². The van der Waals surface area contributed by atoms with Gasteiger partial charge in [-0.2, -0.15) is 0 Å². The fourth-order valence-electron chi connectivity index (χ4n) is 3.21. The highest BCUT2D eigenvalue weighted by atomic mass is 35.5. The van der Waals surface area contributed by atoms with E-state index in [0.29, 0.717) is 22.0 Å². The summed E-state index contributed by atoms with van der Waals surface area (Å²) >= 11 is 7.71. The van der Waals surface area contributed by atoms with Crippen LogP contribution in [0.15, 0.2) is 5.38 Å². The normalized spacial score (nSPS) is 27.2. The zero-order chi connectivity index (χ0) is 13.4. The third kappa shape index (κ3) is 2.41. The Balaban J connectivity index is 1.80. The predicted molar refractivity (Wildman–Crippen MR) is 79.1 cm³/mol. The Labute approximate surface area is 122 Å². The second kappa shape index (κ2) is 5.43. The Morgan fingerprint density at radius 2 is 2.32 bits per heavy atom. The largest absolute Gasteiger partial charge is 0.333 e. The minimum Gasteiger partial charge on any atom is -0.333 e. The molecule has 104 valence electrons. The minimum absolute atomic E-state index is 0.124. The number of likely N-dealkylation sites (tertiary alicyclic amines) is 1. The Bertz CT molecular complexity index is 482. The van der Waals surface area contributed by atoms with Crippen LogP contribution in [-0.4, -0.2) is 36.0 Å². The molecular formula is C14H19ClN2OS. The summed E-state index contributed by atoms with van der Waals surface area (Å²) in [6.45, 7) is 3.91. The van der Waals surface area contributed by atoms with Gasteiger partial charge in [-0.15, -0.1) is 11.3 Å². The average molecular weight is 299 g/mol. The zero-order valence-corrected chi connectivity index (χ0v) is 12.7. The summed E-state index contributed by atoms with van der Waals surface area (Å²) in [5.74, 6) is 0.124. The maximum Gasteiger partial charge on any atom is 0.265 e. The van der Waals surface area contributed by atoms with Gasteiger partial charge in [0.1, 0.15) is 4.88 Å². The number of carbonyl (C=O) groups excluding carboxylic acids is 1. The maximum atomic E-state index is 12.7. The van der Waals surface area contributed by atoms with Gasteiger partial charge in [-0.3, -0.25) is 4.79 Å². The molecule has 0 saturated carbocycles. The lowest BCUT2D eigenvalue weighted by molar-refractivity contribution is 0.0716. The zero-order valence-electron chi connectivity index (χ0n) is 11.1. The van der Waals surface area contributed by atoms with Crippen molar-refractivity contribution in [2.75, 3.05) is 13.1 Å². The minimum atomic E-state index is 0.124. The summed E-state index contributed by atoms with van der Waals surface area (Å²) in [4.78, 5) is 15.4. The van der Waals surface area contributed by atoms with Crippen LogP contribution in [0.4, 0.5) is 0 Å². The van der Waals surface area contributed by atoms with Crippen molar-refractivity contribution >= 4 is 28.8 Å². The topological polar surface area (TPSA) is 32.3 Å². The van der Waals surface area contributed by atoms with Gasteiger partial charge in [0.15, 0.2) is 0 Å². The molecule has 0 spiro atoms. The van der Waals surface area contributed by atoms with Crippen molar-refractivity contribution in [2.45, 2.75) is 44.7 Å². The summed E-state index contributed by atoms with van der Waals surface area (Å²) in [6.07, 6.45) is 4.63. The number of nitrogens with zero attached hydrogens (tertiary/aromatic N) is 1. The molecule has 2 aliphatic heterocycles. The molecule has 19 heavy (non-hydrogen) atoms. The number of aryl methyl sites for hydroxylation is 1. The molecule has 2 saturated heterocycles. The average Bonchev–Trinajstić information content (AvgIpc) is 3.11. The van der Waals surface area contributed by atoms with Crippen LogP contribution in [0.5, 0.6) is 0 Å². The van der Waals surface area contributed by atoms with E-state index in [0.717, 1.165) is 31.5 Å². The Morgan fingerprint density at radius 3 is 2.95 bits per heavy atom. The molecule has 3 nitrogen and oxygen atoms in total. The van der Waals surface area contributed by atoms with Gasteiger partial charge in [-0.1, -0.05) is 11.6 Å². The van der Waals surface area contributed by atoms with Crippen LogP contribution in [0, 0.1) is 6.92 Å². The molecule has 0 aromatic carbocycles. The summed E-state index contributed by atoms with van der Waals surface area (Å²) in [5.41, 5.74) is 1.00. The van der Waals surface area contributed by atoms with E-state index in [1.54, 1.807) is 0 Å². The van der Waals surface area contributed by atoms with Gasteiger partial charge < -0.3 is 10.2 Å².